The molecule has 8 nitrogen and oxygen atoms in total. The minimum absolute atomic E-state index is 0.228. The molecule has 2 heterocycles. The van der Waals surface area contributed by atoms with Crippen LogP contribution < -0.4 is 10.5 Å². The summed E-state index contributed by atoms with van der Waals surface area (Å²) in [6, 6.07) is 10.2. The number of aromatic hydroxyl groups is 1. The molecular formula is C24H24F3N5O3S. The lowest BCUT2D eigenvalue weighted by Crippen LogP contribution is -2.28. The number of ether oxygens (including phenoxy) is 1. The average molecular weight is 520 g/mol. The number of aromatic nitrogens is 4. The second-order valence-corrected chi connectivity index (χ2v) is 9.46. The van der Waals surface area contributed by atoms with Gasteiger partial charge in [-0.25, -0.2) is 4.79 Å². The Morgan fingerprint density at radius 1 is 1.19 bits per heavy atom. The largest absolute Gasteiger partial charge is 0.507 e. The first-order valence-electron chi connectivity index (χ1n) is 11.0. The van der Waals surface area contributed by atoms with Gasteiger partial charge in [0, 0.05) is 42.5 Å². The molecule has 0 saturated heterocycles. The first-order chi connectivity index (χ1) is 17.0. The van der Waals surface area contributed by atoms with E-state index in [1.165, 1.54) is 17.8 Å². The fourth-order valence-corrected chi connectivity index (χ4v) is 4.51. The molecule has 4 rings (SSSR count). The third kappa shape index (κ3) is 4.91. The van der Waals surface area contributed by atoms with Crippen molar-refractivity contribution in [2.45, 2.75) is 31.1 Å². The Labute approximate surface area is 208 Å². The van der Waals surface area contributed by atoms with Crippen LogP contribution in [0.2, 0.25) is 0 Å². The molecule has 0 saturated carbocycles. The van der Waals surface area contributed by atoms with Gasteiger partial charge in [0.05, 0.1) is 11.3 Å². The third-order valence-electron chi connectivity index (χ3n) is 5.53. The number of phenols is 1. The van der Waals surface area contributed by atoms with E-state index in [1.807, 2.05) is 42.1 Å². The molecule has 190 valence electrons. The summed E-state index contributed by atoms with van der Waals surface area (Å²) >= 11 is 1.38. The minimum Gasteiger partial charge on any atom is -0.507 e. The van der Waals surface area contributed by atoms with E-state index in [0.717, 1.165) is 22.7 Å². The molecule has 0 spiro atoms. The number of phenolic OH excluding ortho intramolecular Hbond substituents is 1. The maximum atomic E-state index is 12.8. The van der Waals surface area contributed by atoms with Gasteiger partial charge in [-0.2, -0.15) is 13.2 Å². The summed E-state index contributed by atoms with van der Waals surface area (Å²) in [5.41, 5.74) is 7.95. The summed E-state index contributed by atoms with van der Waals surface area (Å²) in [4.78, 5) is 11.5. The highest BCUT2D eigenvalue weighted by Gasteiger charge is 2.42. The van der Waals surface area contributed by atoms with E-state index in [-0.39, 0.29) is 23.1 Å². The SMILES string of the molecule is CC(C)c1cc(-c2nnc(SCCN)n2-c2ccc3c(ccn3C)c2)c(O)cc1OC(=O)C(F)(F)F. The predicted octanol–water partition coefficient (Wildman–Crippen LogP) is 4.77. The number of benzene rings is 2. The monoisotopic (exact) mass is 519 g/mol. The van der Waals surface area contributed by atoms with Crippen LogP contribution in [0.15, 0.2) is 47.8 Å². The molecule has 0 atom stereocenters. The lowest BCUT2D eigenvalue weighted by atomic mass is 9.98. The zero-order chi connectivity index (χ0) is 26.2. The number of alkyl halides is 3. The van der Waals surface area contributed by atoms with Gasteiger partial charge in [0.25, 0.3) is 0 Å². The van der Waals surface area contributed by atoms with Gasteiger partial charge in [-0.05, 0) is 41.8 Å². The number of rotatable bonds is 7. The Bertz CT molecular complexity index is 1430. The molecule has 2 aromatic carbocycles. The van der Waals surface area contributed by atoms with Crippen LogP contribution in [0.4, 0.5) is 13.2 Å². The Morgan fingerprint density at radius 2 is 1.94 bits per heavy atom. The molecule has 3 N–H and O–H groups in total. The number of hydrogen-bond donors (Lipinski definition) is 2. The van der Waals surface area contributed by atoms with Gasteiger partial charge in [-0.15, -0.1) is 10.2 Å². The molecule has 0 aliphatic rings. The normalized spacial score (nSPS) is 12.0. The summed E-state index contributed by atoms with van der Waals surface area (Å²) < 4.78 is 46.7. The Morgan fingerprint density at radius 3 is 2.61 bits per heavy atom. The van der Waals surface area contributed by atoms with Crippen LogP contribution in [0, 0.1) is 0 Å². The van der Waals surface area contributed by atoms with Gasteiger partial charge in [0.1, 0.15) is 11.5 Å². The molecule has 0 radical (unpaired) electrons. The molecule has 4 aromatic rings. The van der Waals surface area contributed by atoms with Crippen LogP contribution in [-0.4, -0.2) is 48.9 Å². The molecule has 0 fully saturated rings. The predicted molar refractivity (Wildman–Crippen MR) is 130 cm³/mol. The summed E-state index contributed by atoms with van der Waals surface area (Å²) in [5.74, 6) is -2.63. The number of aryl methyl sites for hydroxylation is 1. The smallest absolute Gasteiger partial charge is 0.491 e. The third-order valence-corrected chi connectivity index (χ3v) is 6.50. The van der Waals surface area contributed by atoms with Gasteiger partial charge >= 0.3 is 12.1 Å². The van der Waals surface area contributed by atoms with Crippen LogP contribution in [-0.2, 0) is 11.8 Å². The Hall–Kier alpha value is -3.51. The molecule has 0 unspecified atom stereocenters. The molecule has 36 heavy (non-hydrogen) atoms. The van der Waals surface area contributed by atoms with E-state index >= 15 is 0 Å². The Balaban J connectivity index is 1.87. The van der Waals surface area contributed by atoms with Gasteiger partial charge < -0.3 is 20.1 Å². The molecule has 2 aromatic heterocycles. The lowest BCUT2D eigenvalue weighted by molar-refractivity contribution is -0.189. The van der Waals surface area contributed by atoms with Crippen molar-refractivity contribution in [3.05, 3.63) is 48.2 Å². The molecule has 0 aliphatic carbocycles. The molecular weight excluding hydrogens is 495 g/mol. The van der Waals surface area contributed by atoms with Crippen molar-refractivity contribution in [3.63, 3.8) is 0 Å². The summed E-state index contributed by atoms with van der Waals surface area (Å²) in [7, 11) is 1.94. The van der Waals surface area contributed by atoms with Gasteiger partial charge in [0.15, 0.2) is 11.0 Å². The number of fused-ring (bicyclic) bond motifs is 1. The second-order valence-electron chi connectivity index (χ2n) is 8.40. The number of carbonyl (C=O) groups excluding carboxylic acids is 1. The van der Waals surface area contributed by atoms with Crippen molar-refractivity contribution in [2.24, 2.45) is 12.8 Å². The zero-order valence-electron chi connectivity index (χ0n) is 19.7. The molecule has 0 amide bonds. The van der Waals surface area contributed by atoms with Crippen LogP contribution in [0.5, 0.6) is 11.5 Å². The quantitative estimate of drug-likeness (QED) is 0.206. The van der Waals surface area contributed by atoms with Crippen molar-refractivity contribution in [3.8, 4) is 28.6 Å². The lowest BCUT2D eigenvalue weighted by Gasteiger charge is -2.17. The topological polar surface area (TPSA) is 108 Å². The van der Waals surface area contributed by atoms with E-state index < -0.39 is 17.9 Å². The summed E-state index contributed by atoms with van der Waals surface area (Å²) in [6.45, 7) is 3.88. The first kappa shape index (κ1) is 25.6. The van der Waals surface area contributed by atoms with E-state index in [0.29, 0.717) is 23.0 Å². The second kappa shape index (κ2) is 9.86. The van der Waals surface area contributed by atoms with Crippen molar-refractivity contribution in [1.29, 1.82) is 0 Å². The average Bonchev–Trinajstić information content (AvgIpc) is 3.40. The minimum atomic E-state index is -5.17. The van der Waals surface area contributed by atoms with Crippen molar-refractivity contribution < 1.29 is 27.8 Å². The molecule has 12 heteroatoms. The van der Waals surface area contributed by atoms with Gasteiger partial charge in [-0.3, -0.25) is 4.57 Å². The van der Waals surface area contributed by atoms with Crippen molar-refractivity contribution in [1.82, 2.24) is 19.3 Å². The molecule has 0 bridgehead atoms. The number of esters is 1. The van der Waals surface area contributed by atoms with E-state index in [4.69, 9.17) is 5.73 Å². The van der Waals surface area contributed by atoms with Crippen LogP contribution in [0.25, 0.3) is 28.0 Å². The zero-order valence-corrected chi connectivity index (χ0v) is 20.5. The number of thioether (sulfide) groups is 1. The number of carbonyl (C=O) groups is 1. The van der Waals surface area contributed by atoms with Gasteiger partial charge in [0.2, 0.25) is 0 Å². The standard InChI is InChI=1S/C24H24F3N5O3S/c1-13(2)16-11-17(19(33)12-20(16)35-22(34)24(25,26)27)21-29-30-23(36-9-7-28)32(21)15-4-5-18-14(10-15)6-8-31(18)3/h4-6,8,10-13,33H,7,9,28H2,1-3H3. The number of hydrogen-bond acceptors (Lipinski definition) is 7. The molecule has 0 aliphatic heterocycles. The van der Waals surface area contributed by atoms with E-state index in [2.05, 4.69) is 14.9 Å². The van der Waals surface area contributed by atoms with Crippen LogP contribution in [0.1, 0.15) is 25.3 Å². The van der Waals surface area contributed by atoms with Crippen molar-refractivity contribution in [2.75, 3.05) is 12.3 Å². The van der Waals surface area contributed by atoms with E-state index in [1.54, 1.807) is 18.4 Å². The van der Waals surface area contributed by atoms with Crippen molar-refractivity contribution >= 4 is 28.6 Å². The fourth-order valence-electron chi connectivity index (χ4n) is 3.79. The Kier molecular flexibility index (Phi) is 7.01. The summed E-state index contributed by atoms with van der Waals surface area (Å²) in [6.07, 6.45) is -3.23. The number of nitrogens with zero attached hydrogens (tertiary/aromatic N) is 4. The number of nitrogens with two attached hydrogens (primary N) is 1. The highest BCUT2D eigenvalue weighted by Crippen LogP contribution is 2.40. The van der Waals surface area contributed by atoms with Crippen LogP contribution >= 0.6 is 11.8 Å². The first-order valence-corrected chi connectivity index (χ1v) is 12.0. The maximum absolute atomic E-state index is 12.8. The highest BCUT2D eigenvalue weighted by atomic mass is 32.2. The summed E-state index contributed by atoms with van der Waals surface area (Å²) in [5, 5.41) is 20.9. The fraction of sp³-hybridized carbons (Fsp3) is 0.292. The van der Waals surface area contributed by atoms with E-state index in [9.17, 15) is 23.1 Å². The van der Waals surface area contributed by atoms with Gasteiger partial charge in [-0.1, -0.05) is 25.6 Å². The maximum Gasteiger partial charge on any atom is 0.491 e. The highest BCUT2D eigenvalue weighted by molar-refractivity contribution is 7.99. The number of halogens is 3. The van der Waals surface area contributed by atoms with Crippen LogP contribution in [0.3, 0.4) is 0 Å².